The number of aromatic nitrogens is 1. The van der Waals surface area contributed by atoms with Crippen LogP contribution in [0.15, 0.2) is 42.6 Å². The molecule has 1 fully saturated rings. The number of carbonyl (C=O) groups is 1. The highest BCUT2D eigenvalue weighted by Crippen LogP contribution is 2.25. The summed E-state index contributed by atoms with van der Waals surface area (Å²) in [6.45, 7) is 0.629. The van der Waals surface area contributed by atoms with Crippen LogP contribution in [-0.4, -0.2) is 28.7 Å². The Hall–Kier alpha value is -2.60. The van der Waals surface area contributed by atoms with Crippen molar-refractivity contribution in [1.29, 1.82) is 0 Å². The summed E-state index contributed by atoms with van der Waals surface area (Å²) < 4.78 is 5.38. The van der Waals surface area contributed by atoms with Crippen molar-refractivity contribution in [2.75, 3.05) is 17.2 Å². The molecule has 1 aromatic heterocycles. The minimum absolute atomic E-state index is 0.153. The van der Waals surface area contributed by atoms with Crippen LogP contribution in [0.3, 0.4) is 0 Å². The lowest BCUT2D eigenvalue weighted by Gasteiger charge is -2.14. The van der Waals surface area contributed by atoms with Crippen molar-refractivity contribution >= 4 is 23.1 Å². The maximum absolute atomic E-state index is 12.1. The van der Waals surface area contributed by atoms with Gasteiger partial charge in [-0.2, -0.15) is 0 Å². The van der Waals surface area contributed by atoms with E-state index in [-0.39, 0.29) is 17.8 Å². The number of hydrogen-bond acceptors (Lipinski definition) is 5. The Balaban J connectivity index is 1.74. The summed E-state index contributed by atoms with van der Waals surface area (Å²) in [5.41, 5.74) is 1.36. The SMILES string of the molecule is O=C(Nc1cccnc1Nc1ccc(O)cc1)C1CCCO1. The average molecular weight is 299 g/mol. The number of nitrogens with zero attached hydrogens (tertiary/aromatic N) is 1. The number of phenolic OH excluding ortho intramolecular Hbond substituents is 1. The Morgan fingerprint density at radius 3 is 2.82 bits per heavy atom. The van der Waals surface area contributed by atoms with Gasteiger partial charge in [0.05, 0.1) is 5.69 Å². The first-order valence-corrected chi connectivity index (χ1v) is 7.16. The molecule has 1 aliphatic heterocycles. The van der Waals surface area contributed by atoms with E-state index in [2.05, 4.69) is 15.6 Å². The van der Waals surface area contributed by atoms with Crippen LogP contribution in [-0.2, 0) is 9.53 Å². The van der Waals surface area contributed by atoms with Gasteiger partial charge in [0.15, 0.2) is 5.82 Å². The maximum atomic E-state index is 12.1. The van der Waals surface area contributed by atoms with Crippen LogP contribution in [0.2, 0.25) is 0 Å². The summed E-state index contributed by atoms with van der Waals surface area (Å²) in [7, 11) is 0. The quantitative estimate of drug-likeness (QED) is 0.756. The van der Waals surface area contributed by atoms with Crippen molar-refractivity contribution in [3.63, 3.8) is 0 Å². The molecule has 0 bridgehead atoms. The Morgan fingerprint density at radius 1 is 1.27 bits per heavy atom. The third-order valence-corrected chi connectivity index (χ3v) is 3.42. The molecule has 1 atom stereocenters. The van der Waals surface area contributed by atoms with E-state index in [1.807, 2.05) is 0 Å². The number of carbonyl (C=O) groups excluding carboxylic acids is 1. The minimum atomic E-state index is -0.387. The van der Waals surface area contributed by atoms with Gasteiger partial charge in [-0.15, -0.1) is 0 Å². The second kappa shape index (κ2) is 6.44. The van der Waals surface area contributed by atoms with Gasteiger partial charge in [0.1, 0.15) is 11.9 Å². The molecule has 1 unspecified atom stereocenters. The number of hydrogen-bond donors (Lipinski definition) is 3. The van der Waals surface area contributed by atoms with Gasteiger partial charge >= 0.3 is 0 Å². The van der Waals surface area contributed by atoms with Gasteiger partial charge in [-0.25, -0.2) is 4.98 Å². The number of rotatable bonds is 4. The molecule has 1 aliphatic rings. The predicted octanol–water partition coefficient (Wildman–Crippen LogP) is 2.65. The topological polar surface area (TPSA) is 83.5 Å². The zero-order chi connectivity index (χ0) is 15.4. The molecule has 3 rings (SSSR count). The largest absolute Gasteiger partial charge is 0.508 e. The minimum Gasteiger partial charge on any atom is -0.508 e. The number of ether oxygens (including phenoxy) is 1. The number of aromatic hydroxyl groups is 1. The number of nitrogens with one attached hydrogen (secondary N) is 2. The Labute approximate surface area is 128 Å². The monoisotopic (exact) mass is 299 g/mol. The van der Waals surface area contributed by atoms with E-state index in [9.17, 15) is 9.90 Å². The third-order valence-electron chi connectivity index (χ3n) is 3.42. The van der Waals surface area contributed by atoms with Crippen molar-refractivity contribution in [3.8, 4) is 5.75 Å². The molecule has 2 heterocycles. The fourth-order valence-electron chi connectivity index (χ4n) is 2.28. The van der Waals surface area contributed by atoms with Gasteiger partial charge in [-0.3, -0.25) is 4.79 Å². The predicted molar refractivity (Wildman–Crippen MR) is 83.2 cm³/mol. The molecule has 2 aromatic rings. The molecule has 1 amide bonds. The van der Waals surface area contributed by atoms with Gasteiger partial charge in [0.2, 0.25) is 0 Å². The van der Waals surface area contributed by atoms with Crippen LogP contribution in [0, 0.1) is 0 Å². The summed E-state index contributed by atoms with van der Waals surface area (Å²) >= 11 is 0. The van der Waals surface area contributed by atoms with E-state index in [1.54, 1.807) is 42.6 Å². The first kappa shape index (κ1) is 14.3. The zero-order valence-electron chi connectivity index (χ0n) is 12.0. The first-order chi connectivity index (χ1) is 10.7. The van der Waals surface area contributed by atoms with Crippen LogP contribution in [0.4, 0.5) is 17.2 Å². The van der Waals surface area contributed by atoms with E-state index in [1.165, 1.54) is 0 Å². The lowest BCUT2D eigenvalue weighted by molar-refractivity contribution is -0.124. The smallest absolute Gasteiger partial charge is 0.253 e. The van der Waals surface area contributed by atoms with Crippen molar-refractivity contribution < 1.29 is 14.6 Å². The summed E-state index contributed by atoms with van der Waals surface area (Å²) in [6.07, 6.45) is 2.91. The fourth-order valence-corrected chi connectivity index (χ4v) is 2.28. The lowest BCUT2D eigenvalue weighted by Crippen LogP contribution is -2.27. The highest BCUT2D eigenvalue weighted by molar-refractivity contribution is 5.97. The van der Waals surface area contributed by atoms with E-state index in [0.29, 0.717) is 18.1 Å². The molecule has 1 aromatic carbocycles. The van der Waals surface area contributed by atoms with Crippen LogP contribution >= 0.6 is 0 Å². The van der Waals surface area contributed by atoms with Crippen molar-refractivity contribution in [1.82, 2.24) is 4.98 Å². The molecule has 0 spiro atoms. The number of amides is 1. The average Bonchev–Trinajstić information content (AvgIpc) is 3.06. The summed E-state index contributed by atoms with van der Waals surface area (Å²) in [5.74, 6) is 0.581. The molecule has 6 heteroatoms. The fraction of sp³-hybridized carbons (Fsp3) is 0.250. The molecular formula is C16H17N3O3. The number of benzene rings is 1. The summed E-state index contributed by atoms with van der Waals surface area (Å²) in [5, 5.41) is 15.3. The number of phenols is 1. The van der Waals surface area contributed by atoms with Crippen LogP contribution in [0.1, 0.15) is 12.8 Å². The van der Waals surface area contributed by atoms with Crippen LogP contribution < -0.4 is 10.6 Å². The van der Waals surface area contributed by atoms with E-state index in [4.69, 9.17) is 4.74 Å². The number of pyridine rings is 1. The highest BCUT2D eigenvalue weighted by atomic mass is 16.5. The van der Waals surface area contributed by atoms with E-state index < -0.39 is 0 Å². The molecular weight excluding hydrogens is 282 g/mol. The summed E-state index contributed by atoms with van der Waals surface area (Å²) in [6, 6.07) is 10.2. The molecule has 1 saturated heterocycles. The van der Waals surface area contributed by atoms with Gasteiger partial charge < -0.3 is 20.5 Å². The van der Waals surface area contributed by atoms with Gasteiger partial charge in [0, 0.05) is 18.5 Å². The Kier molecular flexibility index (Phi) is 4.20. The second-order valence-corrected chi connectivity index (χ2v) is 5.06. The van der Waals surface area contributed by atoms with Crippen molar-refractivity contribution in [3.05, 3.63) is 42.6 Å². The van der Waals surface area contributed by atoms with Crippen LogP contribution in [0.25, 0.3) is 0 Å². The van der Waals surface area contributed by atoms with Gasteiger partial charge in [-0.1, -0.05) is 0 Å². The van der Waals surface area contributed by atoms with E-state index >= 15 is 0 Å². The molecule has 3 N–H and O–H groups in total. The normalized spacial score (nSPS) is 17.2. The zero-order valence-corrected chi connectivity index (χ0v) is 12.0. The molecule has 114 valence electrons. The maximum Gasteiger partial charge on any atom is 0.253 e. The molecule has 0 radical (unpaired) electrons. The first-order valence-electron chi connectivity index (χ1n) is 7.16. The van der Waals surface area contributed by atoms with Crippen LogP contribution in [0.5, 0.6) is 5.75 Å². The van der Waals surface area contributed by atoms with Crippen molar-refractivity contribution in [2.24, 2.45) is 0 Å². The second-order valence-electron chi connectivity index (χ2n) is 5.06. The van der Waals surface area contributed by atoms with E-state index in [0.717, 1.165) is 18.5 Å². The van der Waals surface area contributed by atoms with Gasteiger partial charge in [-0.05, 0) is 49.2 Å². The standard InChI is InChI=1S/C16H17N3O3/c20-12-7-5-11(6-8-12)18-15-13(3-1-9-17-15)19-16(21)14-4-2-10-22-14/h1,3,5-9,14,20H,2,4,10H2,(H,17,18)(H,19,21). The van der Waals surface area contributed by atoms with Crippen molar-refractivity contribution in [2.45, 2.75) is 18.9 Å². The molecule has 6 nitrogen and oxygen atoms in total. The summed E-state index contributed by atoms with van der Waals surface area (Å²) in [4.78, 5) is 16.4. The molecule has 22 heavy (non-hydrogen) atoms. The number of anilines is 3. The molecule has 0 saturated carbocycles. The highest BCUT2D eigenvalue weighted by Gasteiger charge is 2.24. The molecule has 0 aliphatic carbocycles. The van der Waals surface area contributed by atoms with Gasteiger partial charge in [0.25, 0.3) is 5.91 Å². The Bertz CT molecular complexity index is 652. The third kappa shape index (κ3) is 3.35. The Morgan fingerprint density at radius 2 is 2.09 bits per heavy atom. The lowest BCUT2D eigenvalue weighted by atomic mass is 10.2.